The summed E-state index contributed by atoms with van der Waals surface area (Å²) in [6.07, 6.45) is 0.581. The number of hydrogen-bond donors (Lipinski definition) is 5. The quantitative estimate of drug-likeness (QED) is 0.251. The molecule has 0 bridgehead atoms. The molecule has 2 aliphatic heterocycles. The summed E-state index contributed by atoms with van der Waals surface area (Å²) in [5.74, 6) is -0.0774. The van der Waals surface area contributed by atoms with Gasteiger partial charge in [0.05, 0.1) is 12.2 Å². The lowest BCUT2D eigenvalue weighted by Crippen LogP contribution is -2.47. The van der Waals surface area contributed by atoms with Crippen molar-refractivity contribution in [2.24, 2.45) is 5.14 Å². The van der Waals surface area contributed by atoms with E-state index in [2.05, 4.69) is 35.6 Å². The number of rotatable bonds is 8. The lowest BCUT2D eigenvalue weighted by molar-refractivity contribution is 0.189. The summed E-state index contributed by atoms with van der Waals surface area (Å²) >= 11 is 0. The number of H-pyrrole nitrogens is 1. The molecule has 1 atom stereocenters. The number of tetrazole rings is 1. The van der Waals surface area contributed by atoms with E-state index in [1.807, 2.05) is 4.90 Å². The Morgan fingerprint density at radius 1 is 1.18 bits per heavy atom. The van der Waals surface area contributed by atoms with Crippen molar-refractivity contribution in [3.8, 4) is 11.4 Å². The Morgan fingerprint density at radius 2 is 1.94 bits per heavy atom. The zero-order valence-electron chi connectivity index (χ0n) is 17.8. The lowest BCUT2D eigenvalue weighted by atomic mass is 10.1. The number of sulfonamides is 2. The van der Waals surface area contributed by atoms with Crippen LogP contribution in [0.5, 0.6) is 0 Å². The molecule has 14 nitrogen and oxygen atoms in total. The van der Waals surface area contributed by atoms with Gasteiger partial charge in [-0.3, -0.25) is 4.90 Å². The van der Waals surface area contributed by atoms with Gasteiger partial charge in [-0.05, 0) is 30.3 Å². The van der Waals surface area contributed by atoms with E-state index in [0.717, 1.165) is 0 Å². The molecule has 0 unspecified atom stereocenters. The molecular weight excluding hydrogens is 474 g/mol. The predicted octanol–water partition coefficient (Wildman–Crippen LogP) is -2.73. The van der Waals surface area contributed by atoms with Crippen molar-refractivity contribution >= 4 is 25.7 Å². The summed E-state index contributed by atoms with van der Waals surface area (Å²) in [7, 11) is -8.74. The van der Waals surface area contributed by atoms with Crippen molar-refractivity contribution in [1.82, 2.24) is 35.6 Å². The third-order valence-electron chi connectivity index (χ3n) is 5.75. The predicted molar refractivity (Wildman–Crippen MR) is 118 cm³/mol. The van der Waals surface area contributed by atoms with Crippen molar-refractivity contribution in [3.05, 3.63) is 12.1 Å². The Balaban J connectivity index is 1.83. The van der Waals surface area contributed by atoms with Crippen LogP contribution in [0.1, 0.15) is 6.42 Å². The second-order valence-electron chi connectivity index (χ2n) is 7.93. The van der Waals surface area contributed by atoms with Crippen molar-refractivity contribution in [3.63, 3.8) is 0 Å². The maximum atomic E-state index is 13.2. The molecule has 1 aromatic heterocycles. The van der Waals surface area contributed by atoms with Crippen molar-refractivity contribution in [1.29, 1.82) is 0 Å². The van der Waals surface area contributed by atoms with Gasteiger partial charge in [0.2, 0.25) is 25.9 Å². The monoisotopic (exact) mass is 501 g/mol. The number of nitrogens with zero attached hydrogens (tertiary/aromatic N) is 5. The molecule has 2 aromatic rings. The van der Waals surface area contributed by atoms with E-state index in [9.17, 15) is 21.9 Å². The van der Waals surface area contributed by atoms with Gasteiger partial charge < -0.3 is 15.3 Å². The molecule has 6 N–H and O–H groups in total. The third-order valence-corrected chi connectivity index (χ3v) is 8.44. The number of anilines is 1. The minimum Gasteiger partial charge on any atom is -0.395 e. The number of benzene rings is 1. The molecule has 4 rings (SSSR count). The molecule has 0 amide bonds. The van der Waals surface area contributed by atoms with Gasteiger partial charge in [-0.15, -0.1) is 10.2 Å². The van der Waals surface area contributed by atoms with Crippen molar-refractivity contribution < 1.29 is 21.9 Å². The number of aromatic nitrogens is 4. The SMILES string of the molecule is NS(=O)(=O)c1c(S(=O)(=O)N[C@@H]2CCNC2)ccc(N2CCN(CCO)CC2)c1-c1nn[nH]n1. The van der Waals surface area contributed by atoms with Crippen LogP contribution in [0.25, 0.3) is 11.4 Å². The minimum atomic E-state index is -4.51. The molecular formula is C17H27N9O5S2. The zero-order chi connectivity index (χ0) is 23.6. The van der Waals surface area contributed by atoms with Crippen LogP contribution in [0, 0.1) is 0 Å². The molecule has 3 heterocycles. The Morgan fingerprint density at radius 3 is 2.52 bits per heavy atom. The summed E-state index contributed by atoms with van der Waals surface area (Å²) in [6, 6.07) is 2.43. The van der Waals surface area contributed by atoms with Gasteiger partial charge in [0.25, 0.3) is 0 Å². The van der Waals surface area contributed by atoms with Crippen LogP contribution in [0.3, 0.4) is 0 Å². The molecule has 182 valence electrons. The lowest BCUT2D eigenvalue weighted by Gasteiger charge is -2.36. The first-order valence-electron chi connectivity index (χ1n) is 10.5. The average molecular weight is 502 g/mol. The Labute approximate surface area is 191 Å². The summed E-state index contributed by atoms with van der Waals surface area (Å²) in [5, 5.41) is 31.4. The number of aliphatic hydroxyl groups is 1. The number of primary sulfonamides is 1. The van der Waals surface area contributed by atoms with E-state index >= 15 is 0 Å². The van der Waals surface area contributed by atoms with Crippen molar-refractivity contribution in [2.45, 2.75) is 22.3 Å². The number of nitrogens with one attached hydrogen (secondary N) is 3. The maximum absolute atomic E-state index is 13.2. The molecule has 33 heavy (non-hydrogen) atoms. The van der Waals surface area contributed by atoms with E-state index in [4.69, 9.17) is 5.14 Å². The largest absolute Gasteiger partial charge is 0.395 e. The number of hydrogen-bond acceptors (Lipinski definition) is 11. The smallest absolute Gasteiger partial charge is 0.242 e. The van der Waals surface area contributed by atoms with Gasteiger partial charge in [0, 0.05) is 51.0 Å². The van der Waals surface area contributed by atoms with Crippen LogP contribution in [-0.4, -0.2) is 106 Å². The molecule has 0 radical (unpaired) electrons. The normalized spacial score (nSPS) is 20.4. The van der Waals surface area contributed by atoms with E-state index in [0.29, 0.717) is 57.9 Å². The Hall–Kier alpha value is -2.21. The summed E-state index contributed by atoms with van der Waals surface area (Å²) in [6.45, 7) is 3.98. The third kappa shape index (κ3) is 5.16. The fourth-order valence-electron chi connectivity index (χ4n) is 4.19. The van der Waals surface area contributed by atoms with Crippen LogP contribution in [-0.2, 0) is 20.0 Å². The fourth-order valence-corrected chi connectivity index (χ4v) is 7.05. The van der Waals surface area contributed by atoms with Gasteiger partial charge in [0.1, 0.15) is 9.79 Å². The van der Waals surface area contributed by atoms with E-state index < -0.39 is 29.8 Å². The van der Waals surface area contributed by atoms with Crippen LogP contribution in [0.4, 0.5) is 5.69 Å². The second kappa shape index (κ2) is 9.57. The fraction of sp³-hybridized carbons (Fsp3) is 0.588. The van der Waals surface area contributed by atoms with Crippen molar-refractivity contribution in [2.75, 3.05) is 57.3 Å². The summed E-state index contributed by atoms with van der Waals surface area (Å²) in [5.41, 5.74) is 0.417. The minimum absolute atomic E-state index is 0.0192. The van der Waals surface area contributed by atoms with Crippen LogP contribution >= 0.6 is 0 Å². The maximum Gasteiger partial charge on any atom is 0.242 e. The van der Waals surface area contributed by atoms with Crippen LogP contribution in [0.2, 0.25) is 0 Å². The summed E-state index contributed by atoms with van der Waals surface area (Å²) in [4.78, 5) is 2.96. The molecule has 0 saturated carbocycles. The molecule has 16 heteroatoms. The first kappa shape index (κ1) is 23.9. The van der Waals surface area contributed by atoms with Crippen LogP contribution < -0.4 is 20.1 Å². The van der Waals surface area contributed by atoms with Gasteiger partial charge in [-0.2, -0.15) is 5.21 Å². The van der Waals surface area contributed by atoms with E-state index in [1.54, 1.807) is 6.07 Å². The van der Waals surface area contributed by atoms with Gasteiger partial charge >= 0.3 is 0 Å². The first-order chi connectivity index (χ1) is 15.7. The van der Waals surface area contributed by atoms with Gasteiger partial charge in [0.15, 0.2) is 0 Å². The number of β-amino-alcohol motifs (C(OH)–C–C–N with tert-alkyl or cyclic N) is 1. The summed E-state index contributed by atoms with van der Waals surface area (Å²) < 4.78 is 54.5. The highest BCUT2D eigenvalue weighted by atomic mass is 32.2. The number of aliphatic hydroxyl groups excluding tert-OH is 1. The standard InChI is InChI=1S/C17H27N9O5S2/c18-32(28,29)16-14(33(30,31)22-12-3-4-19-11-12)2-1-13(15(16)17-20-23-24-21-17)26-7-5-25(6-8-26)9-10-27/h1-2,12,19,22,27H,3-11H2,(H2,18,28,29)(H,20,21,23,24)/t12-/m1/s1. The molecule has 0 aliphatic carbocycles. The Kier molecular flexibility index (Phi) is 6.94. The van der Waals surface area contributed by atoms with Crippen LogP contribution in [0.15, 0.2) is 21.9 Å². The first-order valence-corrected chi connectivity index (χ1v) is 13.5. The van der Waals surface area contributed by atoms with Gasteiger partial charge in [-0.25, -0.2) is 26.7 Å². The molecule has 2 aliphatic rings. The number of nitrogens with two attached hydrogens (primary N) is 1. The highest BCUT2D eigenvalue weighted by Gasteiger charge is 2.35. The average Bonchev–Trinajstić information content (AvgIpc) is 3.47. The zero-order valence-corrected chi connectivity index (χ0v) is 19.4. The van der Waals surface area contributed by atoms with E-state index in [1.165, 1.54) is 6.07 Å². The molecule has 0 spiro atoms. The molecule has 2 fully saturated rings. The van der Waals surface area contributed by atoms with E-state index in [-0.39, 0.29) is 24.0 Å². The van der Waals surface area contributed by atoms with Gasteiger partial charge in [-0.1, -0.05) is 0 Å². The highest BCUT2D eigenvalue weighted by Crippen LogP contribution is 2.38. The topological polar surface area (TPSA) is 200 Å². The molecule has 1 aromatic carbocycles. The number of piperazine rings is 1. The highest BCUT2D eigenvalue weighted by molar-refractivity contribution is 7.92. The molecule has 2 saturated heterocycles. The Bertz CT molecular complexity index is 1170. The number of aromatic amines is 1. The second-order valence-corrected chi connectivity index (χ2v) is 11.1.